The second-order valence-corrected chi connectivity index (χ2v) is 17.9. The van der Waals surface area contributed by atoms with Crippen LogP contribution in [0.5, 0.6) is 5.75 Å². The molecule has 0 saturated carbocycles. The molecule has 3 rings (SSSR count). The van der Waals surface area contributed by atoms with E-state index in [1.165, 1.54) is 0 Å². The Morgan fingerprint density at radius 2 is 1.23 bits per heavy atom. The van der Waals surface area contributed by atoms with Crippen LogP contribution in [0.3, 0.4) is 0 Å². The van der Waals surface area contributed by atoms with Gasteiger partial charge in [-0.05, 0) is 61.1 Å². The van der Waals surface area contributed by atoms with Gasteiger partial charge in [-0.2, -0.15) is 17.6 Å². The zero-order chi connectivity index (χ0) is 38.8. The van der Waals surface area contributed by atoms with Crippen LogP contribution >= 0.6 is 42.5 Å². The monoisotopic (exact) mass is 818 g/mol. The van der Waals surface area contributed by atoms with Crippen LogP contribution in [0, 0.1) is 40.9 Å². The predicted octanol–water partition coefficient (Wildman–Crippen LogP) is 11.3. The minimum atomic E-state index is -5.23. The third-order valence-electron chi connectivity index (χ3n) is 7.05. The molecule has 288 valence electrons. The number of ether oxygens (including phenoxy) is 1. The van der Waals surface area contributed by atoms with Crippen molar-refractivity contribution >= 4 is 68.7 Å². The van der Waals surface area contributed by atoms with Crippen molar-refractivity contribution in [1.29, 1.82) is 0 Å². The molecule has 0 saturated heterocycles. The van der Waals surface area contributed by atoms with E-state index in [0.29, 0.717) is 48.5 Å². The van der Waals surface area contributed by atoms with E-state index >= 15 is 8.78 Å². The molecule has 7 nitrogen and oxygen atoms in total. The van der Waals surface area contributed by atoms with Crippen molar-refractivity contribution in [3.05, 3.63) is 63.8 Å². The van der Waals surface area contributed by atoms with Crippen LogP contribution in [0.15, 0.2) is 24.3 Å². The molecule has 0 aliphatic carbocycles. The third kappa shape index (κ3) is 11.8. The summed E-state index contributed by atoms with van der Waals surface area (Å²) in [5.74, 6) is -14.0. The first-order valence-corrected chi connectivity index (χ1v) is 20.6. The van der Waals surface area contributed by atoms with Gasteiger partial charge in [0, 0.05) is 34.6 Å². The Bertz CT molecular complexity index is 1720. The van der Waals surface area contributed by atoms with Crippen LogP contribution in [0.1, 0.15) is 81.5 Å². The minimum absolute atomic E-state index is 0.00153. The molecule has 0 aliphatic heterocycles. The van der Waals surface area contributed by atoms with Crippen LogP contribution in [0.25, 0.3) is 10.1 Å². The average molecular weight is 819 g/mol. The van der Waals surface area contributed by atoms with Crippen molar-refractivity contribution in [2.24, 2.45) is 11.8 Å². The van der Waals surface area contributed by atoms with E-state index in [4.69, 9.17) is 9.05 Å². The highest BCUT2D eigenvalue weighted by atomic mass is 32.2. The summed E-state index contributed by atoms with van der Waals surface area (Å²) < 4.78 is 130. The number of halogens is 7. The molecular formula is C34H38F7O7PS3. The Morgan fingerprint density at radius 1 is 0.750 bits per heavy atom. The van der Waals surface area contributed by atoms with Crippen molar-refractivity contribution in [3.8, 4) is 5.75 Å². The van der Waals surface area contributed by atoms with Gasteiger partial charge in [0.1, 0.15) is 4.88 Å². The first kappa shape index (κ1) is 44.0. The minimum Gasteiger partial charge on any atom is -0.416 e. The smallest absolute Gasteiger partial charge is 0.404 e. The summed E-state index contributed by atoms with van der Waals surface area (Å²) >= 11 is 2.85. The Kier molecular flexibility index (Phi) is 16.7. The lowest BCUT2D eigenvalue weighted by Gasteiger charge is -2.27. The summed E-state index contributed by atoms with van der Waals surface area (Å²) in [5, 5.41) is -0.0269. The number of fused-ring (bicyclic) bond motifs is 1. The molecule has 0 unspecified atom stereocenters. The fourth-order valence-electron chi connectivity index (χ4n) is 4.44. The number of thiophene rings is 1. The van der Waals surface area contributed by atoms with Gasteiger partial charge >= 0.3 is 19.2 Å². The van der Waals surface area contributed by atoms with Gasteiger partial charge in [0.05, 0.1) is 13.2 Å². The SMILES string of the molecule is CC(C)CC(=O)SCCCCOP(=O)(OCCCCSC(=O)CC(C)C)C(F)(F)c1ccc2sc(C(=O)Oc3c(F)c(F)c(F)c(F)c3F)cc2c1. The molecular weight excluding hydrogens is 781 g/mol. The Labute approximate surface area is 309 Å². The molecule has 52 heavy (non-hydrogen) atoms. The highest BCUT2D eigenvalue weighted by molar-refractivity contribution is 8.13. The fourth-order valence-corrected chi connectivity index (χ4v) is 9.01. The summed E-state index contributed by atoms with van der Waals surface area (Å²) in [6.07, 6.45) is 1.99. The Morgan fingerprint density at radius 3 is 1.71 bits per heavy atom. The molecule has 0 spiro atoms. The maximum atomic E-state index is 16.1. The van der Waals surface area contributed by atoms with Crippen molar-refractivity contribution in [2.75, 3.05) is 24.7 Å². The molecule has 0 radical (unpaired) electrons. The number of rotatable bonds is 20. The lowest BCUT2D eigenvalue weighted by Crippen LogP contribution is -2.19. The highest BCUT2D eigenvalue weighted by Crippen LogP contribution is 2.67. The van der Waals surface area contributed by atoms with E-state index in [-0.39, 0.29) is 58.2 Å². The van der Waals surface area contributed by atoms with Crippen molar-refractivity contribution in [1.82, 2.24) is 0 Å². The van der Waals surface area contributed by atoms with Crippen LogP contribution < -0.4 is 4.74 Å². The number of esters is 1. The van der Waals surface area contributed by atoms with Crippen LogP contribution in [-0.2, 0) is 28.9 Å². The second-order valence-electron chi connectivity index (χ2n) is 12.4. The number of hydrogen-bond donors (Lipinski definition) is 0. The predicted molar refractivity (Wildman–Crippen MR) is 189 cm³/mol. The number of carbonyl (C=O) groups excluding carboxylic acids is 3. The largest absolute Gasteiger partial charge is 0.416 e. The number of benzene rings is 2. The maximum absolute atomic E-state index is 16.1. The van der Waals surface area contributed by atoms with Crippen LogP contribution in [-0.4, -0.2) is 40.9 Å². The molecule has 0 amide bonds. The quantitative estimate of drug-likeness (QED) is 0.0210. The van der Waals surface area contributed by atoms with Gasteiger partial charge in [0.25, 0.3) is 0 Å². The lowest BCUT2D eigenvalue weighted by atomic mass is 10.1. The molecule has 0 bridgehead atoms. The normalized spacial score (nSPS) is 12.3. The molecule has 3 aromatic rings. The first-order valence-electron chi connectivity index (χ1n) is 16.2. The fraction of sp³-hybridized carbons (Fsp3) is 0.500. The van der Waals surface area contributed by atoms with E-state index in [1.54, 1.807) is 0 Å². The Hall–Kier alpha value is -2.43. The van der Waals surface area contributed by atoms with Crippen LogP contribution in [0.2, 0.25) is 0 Å². The molecule has 2 aromatic carbocycles. The van der Waals surface area contributed by atoms with Crippen molar-refractivity contribution < 1.29 is 63.5 Å². The van der Waals surface area contributed by atoms with E-state index in [0.717, 1.165) is 47.8 Å². The molecule has 0 N–H and O–H groups in total. The van der Waals surface area contributed by atoms with E-state index in [9.17, 15) is 40.9 Å². The molecule has 1 aromatic heterocycles. The summed E-state index contributed by atoms with van der Waals surface area (Å²) in [5.41, 5.74) is -5.03. The first-order chi connectivity index (χ1) is 24.4. The van der Waals surface area contributed by atoms with Crippen molar-refractivity contribution in [3.63, 3.8) is 0 Å². The van der Waals surface area contributed by atoms with Gasteiger partial charge < -0.3 is 13.8 Å². The second kappa shape index (κ2) is 19.8. The Balaban J connectivity index is 1.76. The number of hydrogen-bond acceptors (Lipinski definition) is 10. The molecule has 18 heteroatoms. The highest BCUT2D eigenvalue weighted by Gasteiger charge is 2.55. The zero-order valence-corrected chi connectivity index (χ0v) is 32.1. The summed E-state index contributed by atoms with van der Waals surface area (Å²) in [6, 6.07) is 3.97. The summed E-state index contributed by atoms with van der Waals surface area (Å²) in [7, 11) is -5.23. The topological polar surface area (TPSA) is 96.0 Å². The number of thioether (sulfide) groups is 2. The lowest BCUT2D eigenvalue weighted by molar-refractivity contribution is -0.112. The number of carbonyl (C=O) groups is 3. The van der Waals surface area contributed by atoms with Gasteiger partial charge in [-0.15, -0.1) is 11.3 Å². The third-order valence-corrected chi connectivity index (χ3v) is 12.1. The molecule has 1 heterocycles. The molecule has 0 aliphatic rings. The van der Waals surface area contributed by atoms with Gasteiger partial charge in [0.15, 0.2) is 10.2 Å². The zero-order valence-electron chi connectivity index (χ0n) is 28.7. The number of unbranched alkanes of at least 4 members (excludes halogenated alkanes) is 2. The van der Waals surface area contributed by atoms with E-state index in [2.05, 4.69) is 4.74 Å². The average Bonchev–Trinajstić information content (AvgIpc) is 3.51. The van der Waals surface area contributed by atoms with Gasteiger partial charge in [-0.25, -0.2) is 18.0 Å². The molecule has 0 atom stereocenters. The summed E-state index contributed by atoms with van der Waals surface area (Å²) in [4.78, 5) is 36.1. The summed E-state index contributed by atoms with van der Waals surface area (Å²) in [6.45, 7) is 6.88. The molecule has 0 fully saturated rings. The van der Waals surface area contributed by atoms with Gasteiger partial charge in [-0.1, -0.05) is 57.3 Å². The van der Waals surface area contributed by atoms with E-state index in [1.807, 2.05) is 27.7 Å². The number of alkyl halides is 2. The standard InChI is InChI=1S/C34H38F7O7PS3/c1-19(2)15-25(42)50-13-7-5-11-46-49(45,47-12-6-8-14-51-26(43)16-20(3)4)34(40,41)22-9-10-23-21(17-22)18-24(52-23)33(44)48-32-30(38)28(36)27(35)29(37)31(32)39/h9-10,17-20H,5-8,11-16H2,1-4H3. The van der Waals surface area contributed by atoms with Gasteiger partial charge in [0.2, 0.25) is 34.8 Å². The van der Waals surface area contributed by atoms with E-state index < -0.39 is 64.5 Å². The van der Waals surface area contributed by atoms with Crippen molar-refractivity contribution in [2.45, 2.75) is 71.9 Å². The van der Waals surface area contributed by atoms with Gasteiger partial charge in [-0.3, -0.25) is 14.2 Å². The van der Waals surface area contributed by atoms with Crippen LogP contribution in [0.4, 0.5) is 30.7 Å². The maximum Gasteiger partial charge on any atom is 0.404 e.